The van der Waals surface area contributed by atoms with Gasteiger partial charge >= 0.3 is 0 Å². The van der Waals surface area contributed by atoms with E-state index in [4.69, 9.17) is 0 Å². The van der Waals surface area contributed by atoms with Crippen molar-refractivity contribution in [3.63, 3.8) is 0 Å². The van der Waals surface area contributed by atoms with Gasteiger partial charge in [0.05, 0.1) is 16.5 Å². The first-order valence-corrected chi connectivity index (χ1v) is 8.40. The van der Waals surface area contributed by atoms with Crippen molar-refractivity contribution in [1.29, 1.82) is 0 Å². The summed E-state index contributed by atoms with van der Waals surface area (Å²) in [6.07, 6.45) is 3.25. The molecule has 0 aliphatic heterocycles. The first-order chi connectivity index (χ1) is 8.59. The Morgan fingerprint density at radius 1 is 1.47 bits per heavy atom. The number of sulfone groups is 1. The van der Waals surface area contributed by atoms with E-state index in [1.807, 2.05) is 16.9 Å². The van der Waals surface area contributed by atoms with Crippen LogP contribution in [-0.4, -0.2) is 40.4 Å². The van der Waals surface area contributed by atoms with E-state index in [2.05, 4.69) is 18.9 Å². The van der Waals surface area contributed by atoms with E-state index in [-0.39, 0.29) is 6.42 Å². The molecule has 1 aromatic rings. The van der Waals surface area contributed by atoms with Gasteiger partial charge in [0.1, 0.15) is 0 Å². The van der Waals surface area contributed by atoms with Gasteiger partial charge in [0.15, 0.2) is 9.84 Å². The van der Waals surface area contributed by atoms with Crippen molar-refractivity contribution < 1.29 is 13.5 Å². The molecule has 5 nitrogen and oxygen atoms in total. The van der Waals surface area contributed by atoms with Crippen molar-refractivity contribution in [3.8, 4) is 0 Å². The molecule has 110 valence electrons. The Hall–Kier alpha value is -0.880. The predicted octanol–water partition coefficient (Wildman–Crippen LogP) is 1.58. The molecule has 2 atom stereocenters. The summed E-state index contributed by atoms with van der Waals surface area (Å²) in [7, 11) is -3.32. The van der Waals surface area contributed by atoms with E-state index in [1.165, 1.54) is 0 Å². The summed E-state index contributed by atoms with van der Waals surface area (Å²) in [5.74, 6) is 0. The van der Waals surface area contributed by atoms with Gasteiger partial charge in [0, 0.05) is 24.9 Å². The summed E-state index contributed by atoms with van der Waals surface area (Å²) < 4.78 is 24.0. The largest absolute Gasteiger partial charge is 0.391 e. The van der Waals surface area contributed by atoms with Gasteiger partial charge < -0.3 is 5.11 Å². The minimum atomic E-state index is -3.32. The maximum Gasteiger partial charge on any atom is 0.155 e. The van der Waals surface area contributed by atoms with Crippen molar-refractivity contribution in [2.45, 2.75) is 57.4 Å². The van der Waals surface area contributed by atoms with Crippen LogP contribution in [0.3, 0.4) is 0 Å². The third-order valence-corrected chi connectivity index (χ3v) is 6.05. The van der Waals surface area contributed by atoms with Crippen molar-refractivity contribution in [2.24, 2.45) is 0 Å². The van der Waals surface area contributed by atoms with Gasteiger partial charge in [-0.15, -0.1) is 0 Å². The third kappa shape index (κ3) is 3.57. The summed E-state index contributed by atoms with van der Waals surface area (Å²) in [4.78, 5) is 0. The first kappa shape index (κ1) is 16.2. The standard InChI is InChI=1S/C13H24N2O3S/c1-6-10(2)15-8-7-11(14-15)9-12(16)13(3,4)19(5,17)18/h7-8,10,12,16H,6,9H2,1-5H3. The lowest BCUT2D eigenvalue weighted by Crippen LogP contribution is -2.44. The highest BCUT2D eigenvalue weighted by atomic mass is 32.2. The fourth-order valence-corrected chi connectivity index (χ4v) is 2.19. The van der Waals surface area contributed by atoms with Crippen molar-refractivity contribution >= 4 is 9.84 Å². The molecule has 0 aliphatic carbocycles. The van der Waals surface area contributed by atoms with Gasteiger partial charge in [-0.1, -0.05) is 6.92 Å². The summed E-state index contributed by atoms with van der Waals surface area (Å²) in [6, 6.07) is 2.13. The average molecular weight is 288 g/mol. The Balaban J connectivity index is 2.83. The Kier molecular flexibility index (Phi) is 4.79. The number of aliphatic hydroxyl groups is 1. The molecule has 0 aromatic carbocycles. The number of nitrogens with zero attached hydrogens (tertiary/aromatic N) is 2. The van der Waals surface area contributed by atoms with Crippen LogP contribution in [0.4, 0.5) is 0 Å². The number of aliphatic hydroxyl groups excluding tert-OH is 1. The van der Waals surface area contributed by atoms with Crippen molar-refractivity contribution in [2.75, 3.05) is 6.26 Å². The zero-order valence-corrected chi connectivity index (χ0v) is 13.1. The van der Waals surface area contributed by atoms with Crippen LogP contribution in [0.5, 0.6) is 0 Å². The van der Waals surface area contributed by atoms with Crippen LogP contribution in [-0.2, 0) is 16.3 Å². The Labute approximate surface area is 115 Å². The van der Waals surface area contributed by atoms with E-state index in [1.54, 1.807) is 13.8 Å². The zero-order valence-electron chi connectivity index (χ0n) is 12.3. The zero-order chi connectivity index (χ0) is 14.8. The topological polar surface area (TPSA) is 72.2 Å². The molecule has 6 heteroatoms. The van der Waals surface area contributed by atoms with Crippen LogP contribution in [0.25, 0.3) is 0 Å². The molecule has 0 amide bonds. The second-order valence-electron chi connectivity index (χ2n) is 5.64. The maximum atomic E-state index is 11.7. The molecule has 0 saturated carbocycles. The molecule has 19 heavy (non-hydrogen) atoms. The lowest BCUT2D eigenvalue weighted by Gasteiger charge is -2.28. The molecule has 0 saturated heterocycles. The third-order valence-electron chi connectivity index (χ3n) is 3.87. The van der Waals surface area contributed by atoms with Gasteiger partial charge in [0.25, 0.3) is 0 Å². The molecule has 0 fully saturated rings. The molecule has 1 N–H and O–H groups in total. The second-order valence-corrected chi connectivity index (χ2v) is 8.24. The highest BCUT2D eigenvalue weighted by molar-refractivity contribution is 7.92. The summed E-state index contributed by atoms with van der Waals surface area (Å²) >= 11 is 0. The van der Waals surface area contributed by atoms with Gasteiger partial charge in [-0.25, -0.2) is 8.42 Å². The second kappa shape index (κ2) is 5.63. The molecular formula is C13H24N2O3S. The number of rotatable bonds is 6. The van der Waals surface area contributed by atoms with E-state index in [9.17, 15) is 13.5 Å². The summed E-state index contributed by atoms with van der Waals surface area (Å²) in [5, 5.41) is 14.5. The van der Waals surface area contributed by atoms with Crippen LogP contribution in [0.2, 0.25) is 0 Å². The van der Waals surface area contributed by atoms with Crippen LogP contribution in [0.15, 0.2) is 12.3 Å². The molecular weight excluding hydrogens is 264 g/mol. The Morgan fingerprint density at radius 3 is 2.53 bits per heavy atom. The molecule has 2 unspecified atom stereocenters. The van der Waals surface area contributed by atoms with Crippen LogP contribution < -0.4 is 0 Å². The molecule has 1 heterocycles. The van der Waals surface area contributed by atoms with Gasteiger partial charge in [-0.2, -0.15) is 5.10 Å². The monoisotopic (exact) mass is 288 g/mol. The van der Waals surface area contributed by atoms with E-state index in [0.717, 1.165) is 12.7 Å². The van der Waals surface area contributed by atoms with Crippen LogP contribution >= 0.6 is 0 Å². The molecule has 0 aliphatic rings. The fourth-order valence-electron chi connectivity index (χ4n) is 1.61. The molecule has 1 aromatic heterocycles. The minimum Gasteiger partial charge on any atom is -0.391 e. The van der Waals surface area contributed by atoms with Crippen LogP contribution in [0.1, 0.15) is 45.9 Å². The molecule has 0 bridgehead atoms. The minimum absolute atomic E-state index is 0.240. The predicted molar refractivity (Wildman–Crippen MR) is 75.9 cm³/mol. The highest BCUT2D eigenvalue weighted by Crippen LogP contribution is 2.23. The highest BCUT2D eigenvalue weighted by Gasteiger charge is 2.38. The SMILES string of the molecule is CCC(C)n1ccc(CC(O)C(C)(C)S(C)(=O)=O)n1. The number of aromatic nitrogens is 2. The fraction of sp³-hybridized carbons (Fsp3) is 0.769. The van der Waals surface area contributed by atoms with E-state index < -0.39 is 20.7 Å². The van der Waals surface area contributed by atoms with Crippen molar-refractivity contribution in [1.82, 2.24) is 9.78 Å². The maximum absolute atomic E-state index is 11.7. The van der Waals surface area contributed by atoms with Gasteiger partial charge in [-0.05, 0) is 33.3 Å². The Morgan fingerprint density at radius 2 is 2.05 bits per heavy atom. The average Bonchev–Trinajstić information content (AvgIpc) is 2.74. The van der Waals surface area contributed by atoms with E-state index in [0.29, 0.717) is 11.7 Å². The summed E-state index contributed by atoms with van der Waals surface area (Å²) in [5.41, 5.74) is 0.713. The normalized spacial score (nSPS) is 16.3. The van der Waals surface area contributed by atoms with Gasteiger partial charge in [0.2, 0.25) is 0 Å². The van der Waals surface area contributed by atoms with Crippen LogP contribution in [0, 0.1) is 0 Å². The first-order valence-electron chi connectivity index (χ1n) is 6.51. The number of hydrogen-bond acceptors (Lipinski definition) is 4. The van der Waals surface area contributed by atoms with Crippen molar-refractivity contribution in [3.05, 3.63) is 18.0 Å². The van der Waals surface area contributed by atoms with Gasteiger partial charge in [-0.3, -0.25) is 4.68 Å². The smallest absolute Gasteiger partial charge is 0.155 e. The van der Waals surface area contributed by atoms with E-state index >= 15 is 0 Å². The quantitative estimate of drug-likeness (QED) is 0.862. The molecule has 0 spiro atoms. The summed E-state index contributed by atoms with van der Waals surface area (Å²) in [6.45, 7) is 7.22. The lowest BCUT2D eigenvalue weighted by molar-refractivity contribution is 0.136. The molecule has 1 rings (SSSR count). The Bertz CT molecular complexity index is 520. The lowest BCUT2D eigenvalue weighted by atomic mass is 10.0. The molecule has 0 radical (unpaired) electrons. The number of hydrogen-bond donors (Lipinski definition) is 1.